The van der Waals surface area contributed by atoms with Gasteiger partial charge in [0.15, 0.2) is 0 Å². The molecule has 2 aliphatic rings. The molecule has 0 spiro atoms. The van der Waals surface area contributed by atoms with Crippen molar-refractivity contribution in [3.8, 4) is 0 Å². The number of nitrogens with zero attached hydrogens (tertiary/aromatic N) is 2. The van der Waals surface area contributed by atoms with Crippen molar-refractivity contribution in [3.05, 3.63) is 0 Å². The minimum absolute atomic E-state index is 0.544. The highest BCUT2D eigenvalue weighted by Crippen LogP contribution is 2.08. The summed E-state index contributed by atoms with van der Waals surface area (Å²) in [7, 11) is -3.26. The van der Waals surface area contributed by atoms with Gasteiger partial charge in [0.25, 0.3) is 10.2 Å². The van der Waals surface area contributed by atoms with E-state index >= 15 is 0 Å². The van der Waals surface area contributed by atoms with Crippen molar-refractivity contribution >= 4 is 10.2 Å². The van der Waals surface area contributed by atoms with Crippen LogP contribution in [0.5, 0.6) is 0 Å². The van der Waals surface area contributed by atoms with Crippen molar-refractivity contribution < 1.29 is 8.42 Å². The summed E-state index contributed by atoms with van der Waals surface area (Å²) in [4.78, 5) is 2.43. The lowest BCUT2D eigenvalue weighted by Crippen LogP contribution is -2.50. The molecule has 0 saturated carbocycles. The zero-order valence-corrected chi connectivity index (χ0v) is 12.4. The Hall–Kier alpha value is -0.210. The van der Waals surface area contributed by atoms with Gasteiger partial charge in [-0.15, -0.1) is 0 Å². The molecule has 0 unspecified atom stereocenters. The van der Waals surface area contributed by atoms with Crippen LogP contribution in [-0.4, -0.2) is 70.0 Å². The van der Waals surface area contributed by atoms with E-state index in [1.807, 2.05) is 0 Å². The third kappa shape index (κ3) is 5.00. The predicted molar refractivity (Wildman–Crippen MR) is 76.3 cm³/mol. The summed E-state index contributed by atoms with van der Waals surface area (Å²) in [6.45, 7) is 6.52. The molecule has 2 rings (SSSR count). The Morgan fingerprint density at radius 2 is 1.68 bits per heavy atom. The number of nitrogens with one attached hydrogen (secondary N) is 2. The standard InChI is InChI=1S/C12H26N4O2S/c17-19(18,16-11-6-13-7-12-16)14-5-4-10-15-8-2-1-3-9-15/h13-14H,1-12H2. The number of likely N-dealkylation sites (tertiary alicyclic amines) is 1. The average molecular weight is 290 g/mol. The molecule has 2 aliphatic heterocycles. The second-order valence-corrected chi connectivity index (χ2v) is 7.06. The first-order chi connectivity index (χ1) is 9.18. The number of hydrogen-bond donors (Lipinski definition) is 2. The first kappa shape index (κ1) is 15.2. The van der Waals surface area contributed by atoms with Crippen LogP contribution in [0.15, 0.2) is 0 Å². The lowest BCUT2D eigenvalue weighted by Gasteiger charge is -2.28. The highest BCUT2D eigenvalue weighted by molar-refractivity contribution is 7.87. The lowest BCUT2D eigenvalue weighted by molar-refractivity contribution is 0.226. The van der Waals surface area contributed by atoms with Crippen molar-refractivity contribution in [2.24, 2.45) is 0 Å². The maximum absolute atomic E-state index is 12.0. The van der Waals surface area contributed by atoms with Crippen molar-refractivity contribution in [3.63, 3.8) is 0 Å². The van der Waals surface area contributed by atoms with Crippen molar-refractivity contribution in [2.45, 2.75) is 25.7 Å². The van der Waals surface area contributed by atoms with Crippen LogP contribution in [0.25, 0.3) is 0 Å². The molecular weight excluding hydrogens is 264 g/mol. The SMILES string of the molecule is O=S(=O)(NCCCN1CCCCC1)N1CCNCC1. The molecule has 0 aromatic carbocycles. The fraction of sp³-hybridized carbons (Fsp3) is 1.00. The van der Waals surface area contributed by atoms with Gasteiger partial charge < -0.3 is 10.2 Å². The van der Waals surface area contributed by atoms with Crippen LogP contribution in [0.1, 0.15) is 25.7 Å². The highest BCUT2D eigenvalue weighted by atomic mass is 32.2. The fourth-order valence-electron chi connectivity index (χ4n) is 2.66. The van der Waals surface area contributed by atoms with Crippen LogP contribution in [0, 0.1) is 0 Å². The molecule has 2 saturated heterocycles. The lowest BCUT2D eigenvalue weighted by atomic mass is 10.1. The number of hydrogen-bond acceptors (Lipinski definition) is 4. The molecule has 0 aromatic heterocycles. The maximum Gasteiger partial charge on any atom is 0.279 e. The number of piperazine rings is 1. The van der Waals surface area contributed by atoms with E-state index in [1.54, 1.807) is 0 Å². The van der Waals surface area contributed by atoms with Crippen LogP contribution >= 0.6 is 0 Å². The molecule has 7 heteroatoms. The van der Waals surface area contributed by atoms with E-state index in [9.17, 15) is 8.42 Å². The van der Waals surface area contributed by atoms with Gasteiger partial charge in [-0.05, 0) is 38.9 Å². The van der Waals surface area contributed by atoms with E-state index < -0.39 is 10.2 Å². The molecular formula is C12H26N4O2S. The van der Waals surface area contributed by atoms with Crippen LogP contribution in [0.2, 0.25) is 0 Å². The molecule has 0 aromatic rings. The van der Waals surface area contributed by atoms with Gasteiger partial charge >= 0.3 is 0 Å². The van der Waals surface area contributed by atoms with Crippen LogP contribution in [-0.2, 0) is 10.2 Å². The summed E-state index contributed by atoms with van der Waals surface area (Å²) >= 11 is 0. The van der Waals surface area contributed by atoms with Gasteiger partial charge in [-0.3, -0.25) is 0 Å². The third-order valence-electron chi connectivity index (χ3n) is 3.80. The molecule has 0 bridgehead atoms. The zero-order chi connectivity index (χ0) is 13.6. The molecule has 2 heterocycles. The van der Waals surface area contributed by atoms with Gasteiger partial charge in [-0.2, -0.15) is 12.7 Å². The average Bonchev–Trinajstić information content (AvgIpc) is 2.46. The first-order valence-electron chi connectivity index (χ1n) is 7.36. The van der Waals surface area contributed by atoms with Gasteiger partial charge in [0.05, 0.1) is 0 Å². The largest absolute Gasteiger partial charge is 0.314 e. The first-order valence-corrected chi connectivity index (χ1v) is 8.80. The molecule has 2 N–H and O–H groups in total. The summed E-state index contributed by atoms with van der Waals surface area (Å²) < 4.78 is 28.3. The fourth-order valence-corrected chi connectivity index (χ4v) is 3.91. The number of piperidine rings is 1. The third-order valence-corrected chi connectivity index (χ3v) is 5.41. The molecule has 6 nitrogen and oxygen atoms in total. The van der Waals surface area contributed by atoms with Crippen molar-refractivity contribution in [2.75, 3.05) is 52.4 Å². The van der Waals surface area contributed by atoms with Crippen molar-refractivity contribution in [1.82, 2.24) is 19.2 Å². The Morgan fingerprint density at radius 3 is 2.37 bits per heavy atom. The highest BCUT2D eigenvalue weighted by Gasteiger charge is 2.22. The van der Waals surface area contributed by atoms with E-state index in [2.05, 4.69) is 14.9 Å². The Balaban J connectivity index is 1.63. The summed E-state index contributed by atoms with van der Waals surface area (Å²) in [6, 6.07) is 0. The second-order valence-electron chi connectivity index (χ2n) is 5.30. The Bertz CT molecular complexity index is 349. The predicted octanol–water partition coefficient (Wildman–Crippen LogP) is -0.398. The van der Waals surface area contributed by atoms with Gasteiger partial charge in [-0.25, -0.2) is 4.72 Å². The molecule has 0 aliphatic carbocycles. The molecule has 112 valence electrons. The van der Waals surface area contributed by atoms with Gasteiger partial charge in [0, 0.05) is 32.7 Å². The molecule has 2 fully saturated rings. The molecule has 19 heavy (non-hydrogen) atoms. The normalized spacial score (nSPS) is 23.6. The Morgan fingerprint density at radius 1 is 1.00 bits per heavy atom. The maximum atomic E-state index is 12.0. The number of rotatable bonds is 6. The van der Waals surface area contributed by atoms with Crippen molar-refractivity contribution in [1.29, 1.82) is 0 Å². The summed E-state index contributed by atoms with van der Waals surface area (Å²) in [5.74, 6) is 0. The van der Waals surface area contributed by atoms with Gasteiger partial charge in [0.1, 0.15) is 0 Å². The van der Waals surface area contributed by atoms with E-state index in [-0.39, 0.29) is 0 Å². The van der Waals surface area contributed by atoms with Crippen LogP contribution in [0.3, 0.4) is 0 Å². The van der Waals surface area contributed by atoms with E-state index in [4.69, 9.17) is 0 Å². The van der Waals surface area contributed by atoms with Gasteiger partial charge in [-0.1, -0.05) is 6.42 Å². The minimum Gasteiger partial charge on any atom is -0.314 e. The molecule has 0 radical (unpaired) electrons. The summed E-state index contributed by atoms with van der Waals surface area (Å²) in [6.07, 6.45) is 4.80. The smallest absolute Gasteiger partial charge is 0.279 e. The molecule has 0 amide bonds. The van der Waals surface area contributed by atoms with E-state index in [0.717, 1.165) is 26.1 Å². The Kier molecular flexibility index (Phi) is 6.03. The minimum atomic E-state index is -3.26. The Labute approximate surface area is 116 Å². The summed E-state index contributed by atoms with van der Waals surface area (Å²) in [5, 5.41) is 3.16. The monoisotopic (exact) mass is 290 g/mol. The quantitative estimate of drug-likeness (QED) is 0.654. The molecule has 0 atom stereocenters. The van der Waals surface area contributed by atoms with E-state index in [0.29, 0.717) is 19.6 Å². The van der Waals surface area contributed by atoms with Gasteiger partial charge in [0.2, 0.25) is 0 Å². The summed E-state index contributed by atoms with van der Waals surface area (Å²) in [5.41, 5.74) is 0. The zero-order valence-electron chi connectivity index (χ0n) is 11.6. The topological polar surface area (TPSA) is 64.7 Å². The van der Waals surface area contributed by atoms with Crippen LogP contribution in [0.4, 0.5) is 0 Å². The van der Waals surface area contributed by atoms with Crippen LogP contribution < -0.4 is 10.0 Å². The van der Waals surface area contributed by atoms with E-state index in [1.165, 1.54) is 36.7 Å². The second kappa shape index (κ2) is 7.54.